The van der Waals surface area contributed by atoms with Gasteiger partial charge >= 0.3 is 0 Å². The third kappa shape index (κ3) is 3.53. The number of nitrogens with zero attached hydrogens (tertiary/aromatic N) is 1. The van der Waals surface area contributed by atoms with E-state index in [2.05, 4.69) is 5.32 Å². The molecular formula is C17H21FN2O2. The molecule has 2 rings (SSSR count). The molecule has 1 atom stereocenters. The topological polar surface area (TPSA) is 49.4 Å². The van der Waals surface area contributed by atoms with Crippen molar-refractivity contribution in [3.05, 3.63) is 41.7 Å². The van der Waals surface area contributed by atoms with Crippen LogP contribution in [0.3, 0.4) is 0 Å². The van der Waals surface area contributed by atoms with Crippen molar-refractivity contribution in [2.75, 3.05) is 13.1 Å². The van der Waals surface area contributed by atoms with Crippen LogP contribution in [-0.2, 0) is 9.59 Å². The molecule has 1 saturated heterocycles. The lowest BCUT2D eigenvalue weighted by atomic mass is 9.99. The number of halogens is 1. The van der Waals surface area contributed by atoms with E-state index < -0.39 is 6.04 Å². The molecule has 2 amide bonds. The zero-order valence-corrected chi connectivity index (χ0v) is 13.1. The lowest BCUT2D eigenvalue weighted by molar-refractivity contribution is -0.141. The Bertz CT molecular complexity index is 593. The predicted molar refractivity (Wildman–Crippen MR) is 83.4 cm³/mol. The minimum absolute atomic E-state index is 0.0452. The van der Waals surface area contributed by atoms with Gasteiger partial charge in [0.1, 0.15) is 11.9 Å². The zero-order valence-electron chi connectivity index (χ0n) is 13.1. The van der Waals surface area contributed by atoms with Crippen LogP contribution in [0, 0.1) is 11.7 Å². The van der Waals surface area contributed by atoms with Crippen LogP contribution >= 0.6 is 0 Å². The first-order valence-corrected chi connectivity index (χ1v) is 7.42. The molecule has 118 valence electrons. The summed E-state index contributed by atoms with van der Waals surface area (Å²) in [7, 11) is 0. The number of allylic oxidation sites excluding steroid dienone is 1. The maximum Gasteiger partial charge on any atom is 0.247 e. The highest BCUT2D eigenvalue weighted by Gasteiger charge is 2.34. The molecule has 0 saturated carbocycles. The molecule has 1 aliphatic rings. The van der Waals surface area contributed by atoms with Gasteiger partial charge in [0.25, 0.3) is 0 Å². The van der Waals surface area contributed by atoms with Gasteiger partial charge in [-0.1, -0.05) is 26.0 Å². The van der Waals surface area contributed by atoms with Crippen LogP contribution in [0.25, 0.3) is 5.57 Å². The molecular weight excluding hydrogens is 283 g/mol. The fourth-order valence-electron chi connectivity index (χ4n) is 2.66. The summed E-state index contributed by atoms with van der Waals surface area (Å²) in [5, 5.41) is 2.79. The van der Waals surface area contributed by atoms with Gasteiger partial charge in [0.15, 0.2) is 0 Å². The van der Waals surface area contributed by atoms with E-state index >= 15 is 0 Å². The molecule has 0 aliphatic carbocycles. The molecule has 0 bridgehead atoms. The summed E-state index contributed by atoms with van der Waals surface area (Å²) in [5.74, 6) is -0.558. The minimum Gasteiger partial charge on any atom is -0.353 e. The molecule has 1 aromatic rings. The van der Waals surface area contributed by atoms with E-state index in [1.165, 1.54) is 18.2 Å². The van der Waals surface area contributed by atoms with Crippen LogP contribution in [0.5, 0.6) is 0 Å². The number of rotatable bonds is 3. The molecule has 0 radical (unpaired) electrons. The highest BCUT2D eigenvalue weighted by Crippen LogP contribution is 2.18. The molecule has 0 spiro atoms. The number of piperazine rings is 1. The summed E-state index contributed by atoms with van der Waals surface area (Å²) in [4.78, 5) is 26.1. The summed E-state index contributed by atoms with van der Waals surface area (Å²) in [6, 6.07) is 5.55. The molecule has 22 heavy (non-hydrogen) atoms. The maximum atomic E-state index is 12.9. The maximum absolute atomic E-state index is 12.9. The van der Waals surface area contributed by atoms with Crippen molar-refractivity contribution in [3.8, 4) is 0 Å². The Morgan fingerprint density at radius 3 is 2.59 bits per heavy atom. The van der Waals surface area contributed by atoms with Crippen molar-refractivity contribution in [1.29, 1.82) is 0 Å². The van der Waals surface area contributed by atoms with Gasteiger partial charge < -0.3 is 10.2 Å². The molecule has 4 nitrogen and oxygen atoms in total. The van der Waals surface area contributed by atoms with Crippen LogP contribution in [0.1, 0.15) is 26.3 Å². The van der Waals surface area contributed by atoms with Gasteiger partial charge in [-0.25, -0.2) is 4.39 Å². The standard InChI is InChI=1S/C17H21FN2O2/c1-11(2)16-17(22)19-8-9-20(16)15(21)10-12(3)13-4-6-14(18)7-5-13/h4-7,10-11,16H,8-9H2,1-3H3,(H,19,22). The van der Waals surface area contributed by atoms with Crippen LogP contribution in [0.15, 0.2) is 30.3 Å². The summed E-state index contributed by atoms with van der Waals surface area (Å²) in [6.45, 7) is 6.62. The van der Waals surface area contributed by atoms with Gasteiger partial charge in [-0.15, -0.1) is 0 Å². The van der Waals surface area contributed by atoms with Gasteiger partial charge in [-0.3, -0.25) is 9.59 Å². The number of hydrogen-bond acceptors (Lipinski definition) is 2. The normalized spacial score (nSPS) is 19.3. The first kappa shape index (κ1) is 16.2. The Balaban J connectivity index is 2.20. The second kappa shape index (κ2) is 6.73. The summed E-state index contributed by atoms with van der Waals surface area (Å²) in [6.07, 6.45) is 1.52. The Morgan fingerprint density at radius 1 is 1.36 bits per heavy atom. The monoisotopic (exact) mass is 304 g/mol. The highest BCUT2D eigenvalue weighted by molar-refractivity contribution is 5.98. The Hall–Kier alpha value is -2.17. The smallest absolute Gasteiger partial charge is 0.247 e. The van der Waals surface area contributed by atoms with E-state index in [4.69, 9.17) is 0 Å². The average Bonchev–Trinajstić information content (AvgIpc) is 2.47. The van der Waals surface area contributed by atoms with E-state index in [0.717, 1.165) is 11.1 Å². The van der Waals surface area contributed by atoms with Gasteiger partial charge in [0, 0.05) is 19.2 Å². The number of carbonyl (C=O) groups excluding carboxylic acids is 2. The lowest BCUT2D eigenvalue weighted by Crippen LogP contribution is -2.58. The van der Waals surface area contributed by atoms with Crippen molar-refractivity contribution < 1.29 is 14.0 Å². The number of nitrogens with one attached hydrogen (secondary N) is 1. The van der Waals surface area contributed by atoms with E-state index in [0.29, 0.717) is 13.1 Å². The van der Waals surface area contributed by atoms with Gasteiger partial charge in [0.05, 0.1) is 0 Å². The fourth-order valence-corrected chi connectivity index (χ4v) is 2.66. The third-order valence-corrected chi connectivity index (χ3v) is 3.81. The van der Waals surface area contributed by atoms with Crippen LogP contribution in [0.4, 0.5) is 4.39 Å². The van der Waals surface area contributed by atoms with E-state index in [-0.39, 0.29) is 23.5 Å². The first-order valence-electron chi connectivity index (χ1n) is 7.42. The average molecular weight is 304 g/mol. The van der Waals surface area contributed by atoms with Crippen LogP contribution in [0.2, 0.25) is 0 Å². The Labute approximate surface area is 130 Å². The van der Waals surface area contributed by atoms with Crippen molar-refractivity contribution in [2.24, 2.45) is 5.92 Å². The summed E-state index contributed by atoms with van der Waals surface area (Å²) < 4.78 is 12.9. The van der Waals surface area contributed by atoms with E-state index in [1.54, 1.807) is 24.0 Å². The molecule has 1 fully saturated rings. The van der Waals surface area contributed by atoms with Gasteiger partial charge in [0.2, 0.25) is 11.8 Å². The number of amides is 2. The van der Waals surface area contributed by atoms with Crippen molar-refractivity contribution >= 4 is 17.4 Å². The van der Waals surface area contributed by atoms with E-state index in [1.807, 2.05) is 13.8 Å². The number of benzene rings is 1. The van der Waals surface area contributed by atoms with Crippen LogP contribution in [-0.4, -0.2) is 35.8 Å². The summed E-state index contributed by atoms with van der Waals surface area (Å²) >= 11 is 0. The van der Waals surface area contributed by atoms with Gasteiger partial charge in [-0.2, -0.15) is 0 Å². The molecule has 1 aromatic carbocycles. The van der Waals surface area contributed by atoms with Gasteiger partial charge in [-0.05, 0) is 36.1 Å². The fraction of sp³-hybridized carbons (Fsp3) is 0.412. The summed E-state index contributed by atoms with van der Waals surface area (Å²) in [5.41, 5.74) is 1.54. The minimum atomic E-state index is -0.446. The Kier molecular flexibility index (Phi) is 4.96. The second-order valence-electron chi connectivity index (χ2n) is 5.85. The molecule has 1 N–H and O–H groups in total. The quantitative estimate of drug-likeness (QED) is 0.871. The molecule has 0 aromatic heterocycles. The predicted octanol–water partition coefficient (Wildman–Crippen LogP) is 2.21. The third-order valence-electron chi connectivity index (χ3n) is 3.81. The SMILES string of the molecule is CC(=CC(=O)N1CCNC(=O)C1C(C)C)c1ccc(F)cc1. The largest absolute Gasteiger partial charge is 0.353 e. The first-order chi connectivity index (χ1) is 10.4. The molecule has 5 heteroatoms. The van der Waals surface area contributed by atoms with E-state index in [9.17, 15) is 14.0 Å². The van der Waals surface area contributed by atoms with Crippen LogP contribution < -0.4 is 5.32 Å². The molecule has 1 unspecified atom stereocenters. The highest BCUT2D eigenvalue weighted by atomic mass is 19.1. The second-order valence-corrected chi connectivity index (χ2v) is 5.85. The molecule has 1 aliphatic heterocycles. The zero-order chi connectivity index (χ0) is 16.3. The van der Waals surface area contributed by atoms with Crippen molar-refractivity contribution in [2.45, 2.75) is 26.8 Å². The molecule has 1 heterocycles. The number of carbonyl (C=O) groups is 2. The van der Waals surface area contributed by atoms with Crippen molar-refractivity contribution in [3.63, 3.8) is 0 Å². The lowest BCUT2D eigenvalue weighted by Gasteiger charge is -2.36. The van der Waals surface area contributed by atoms with Crippen molar-refractivity contribution in [1.82, 2.24) is 10.2 Å². The Morgan fingerprint density at radius 2 is 2.00 bits per heavy atom. The number of hydrogen-bond donors (Lipinski definition) is 1.